The minimum absolute atomic E-state index is 0.149. The fourth-order valence-corrected chi connectivity index (χ4v) is 4.52. The molecule has 0 saturated carbocycles. The predicted molar refractivity (Wildman–Crippen MR) is 126 cm³/mol. The van der Waals surface area contributed by atoms with Gasteiger partial charge in [0.25, 0.3) is 0 Å². The molecule has 0 radical (unpaired) electrons. The summed E-state index contributed by atoms with van der Waals surface area (Å²) in [5.74, 6) is 2.87. The number of imidazole rings is 1. The van der Waals surface area contributed by atoms with E-state index >= 15 is 0 Å². The number of thioether (sulfide) groups is 1. The molecular weight excluding hydrogens is 432 g/mol. The summed E-state index contributed by atoms with van der Waals surface area (Å²) in [4.78, 5) is 22.0. The minimum atomic E-state index is -0.149. The molecule has 4 aromatic rings. The van der Waals surface area contributed by atoms with E-state index in [0.717, 1.165) is 28.2 Å². The maximum absolute atomic E-state index is 12.8. The van der Waals surface area contributed by atoms with Gasteiger partial charge in [0.2, 0.25) is 5.91 Å². The SMILES string of the molecule is COc1ccc(OC)c(-c2csc(NC(=O)Cn3c(CSC)nc4ccccc43)n2)c1. The van der Waals surface area contributed by atoms with Crippen LogP contribution >= 0.6 is 23.1 Å². The van der Waals surface area contributed by atoms with Crippen molar-refractivity contribution in [3.63, 3.8) is 0 Å². The van der Waals surface area contributed by atoms with Crippen LogP contribution in [0.1, 0.15) is 5.82 Å². The number of methoxy groups -OCH3 is 2. The highest BCUT2D eigenvalue weighted by Crippen LogP contribution is 2.35. The van der Waals surface area contributed by atoms with Gasteiger partial charge in [-0.05, 0) is 36.6 Å². The lowest BCUT2D eigenvalue weighted by Crippen LogP contribution is -2.20. The number of para-hydroxylation sites is 2. The quantitative estimate of drug-likeness (QED) is 0.417. The number of rotatable bonds is 8. The summed E-state index contributed by atoms with van der Waals surface area (Å²) < 4.78 is 12.7. The molecule has 1 amide bonds. The molecule has 1 N–H and O–H groups in total. The molecular formula is C22H22N4O3S2. The largest absolute Gasteiger partial charge is 0.497 e. The molecule has 2 aromatic carbocycles. The van der Waals surface area contributed by atoms with Crippen LogP contribution in [0.2, 0.25) is 0 Å². The normalized spacial score (nSPS) is 10.9. The third-order valence-corrected chi connectivity index (χ3v) is 6.05. The molecule has 0 fully saturated rings. The van der Waals surface area contributed by atoms with E-state index in [-0.39, 0.29) is 12.5 Å². The van der Waals surface area contributed by atoms with Gasteiger partial charge in [-0.15, -0.1) is 11.3 Å². The van der Waals surface area contributed by atoms with Gasteiger partial charge < -0.3 is 19.4 Å². The van der Waals surface area contributed by atoms with Crippen molar-refractivity contribution in [3.05, 3.63) is 53.7 Å². The van der Waals surface area contributed by atoms with Crippen LogP contribution in [0.25, 0.3) is 22.3 Å². The lowest BCUT2D eigenvalue weighted by Gasteiger charge is -2.09. The summed E-state index contributed by atoms with van der Waals surface area (Å²) in [5, 5.41) is 5.33. The number of nitrogens with zero attached hydrogens (tertiary/aromatic N) is 3. The number of fused-ring (bicyclic) bond motifs is 1. The van der Waals surface area contributed by atoms with Crippen molar-refractivity contribution in [2.24, 2.45) is 0 Å². The van der Waals surface area contributed by atoms with Crippen molar-refractivity contribution >= 4 is 45.2 Å². The van der Waals surface area contributed by atoms with Crippen LogP contribution in [-0.2, 0) is 17.1 Å². The Morgan fingerprint density at radius 3 is 2.77 bits per heavy atom. The first kappa shape index (κ1) is 21.2. The van der Waals surface area contributed by atoms with Gasteiger partial charge >= 0.3 is 0 Å². The first-order valence-corrected chi connectivity index (χ1v) is 11.8. The van der Waals surface area contributed by atoms with E-state index in [9.17, 15) is 4.79 Å². The fraction of sp³-hybridized carbons (Fsp3) is 0.227. The lowest BCUT2D eigenvalue weighted by atomic mass is 10.1. The molecule has 0 aliphatic heterocycles. The standard InChI is InChI=1S/C22H22N4O3S2/c1-28-14-8-9-19(29-2)15(10-14)17-12-31-22(24-17)25-21(27)11-26-18-7-5-4-6-16(18)23-20(26)13-30-3/h4-10,12H,11,13H2,1-3H3,(H,24,25,27). The summed E-state index contributed by atoms with van der Waals surface area (Å²) in [7, 11) is 3.23. The van der Waals surface area contributed by atoms with E-state index in [1.165, 1.54) is 11.3 Å². The highest BCUT2D eigenvalue weighted by Gasteiger charge is 2.16. The maximum Gasteiger partial charge on any atom is 0.246 e. The zero-order valence-electron chi connectivity index (χ0n) is 17.4. The molecule has 160 valence electrons. The van der Waals surface area contributed by atoms with Crippen LogP contribution in [0.3, 0.4) is 0 Å². The van der Waals surface area contributed by atoms with Gasteiger partial charge in [0.05, 0.1) is 36.7 Å². The van der Waals surface area contributed by atoms with Gasteiger partial charge in [-0.2, -0.15) is 11.8 Å². The van der Waals surface area contributed by atoms with Gasteiger partial charge in [-0.1, -0.05) is 12.1 Å². The number of carbonyl (C=O) groups excluding carboxylic acids is 1. The Morgan fingerprint density at radius 2 is 2.00 bits per heavy atom. The van der Waals surface area contributed by atoms with Crippen LogP contribution in [0.15, 0.2) is 47.8 Å². The van der Waals surface area contributed by atoms with E-state index in [4.69, 9.17) is 9.47 Å². The Balaban J connectivity index is 1.55. The van der Waals surface area contributed by atoms with Crippen molar-refractivity contribution in [1.29, 1.82) is 0 Å². The average molecular weight is 455 g/mol. The summed E-state index contributed by atoms with van der Waals surface area (Å²) in [5.41, 5.74) is 3.36. The summed E-state index contributed by atoms with van der Waals surface area (Å²) in [6.07, 6.45) is 2.02. The van der Waals surface area contributed by atoms with Crippen LogP contribution in [0.5, 0.6) is 11.5 Å². The van der Waals surface area contributed by atoms with Gasteiger partial charge in [0.15, 0.2) is 5.13 Å². The summed E-state index contributed by atoms with van der Waals surface area (Å²) in [6.45, 7) is 0.174. The van der Waals surface area contributed by atoms with E-state index in [1.54, 1.807) is 26.0 Å². The molecule has 0 aliphatic carbocycles. The molecule has 4 rings (SSSR count). The molecule has 0 aliphatic rings. The van der Waals surface area contributed by atoms with E-state index in [1.807, 2.05) is 58.7 Å². The van der Waals surface area contributed by atoms with Crippen molar-refractivity contribution < 1.29 is 14.3 Å². The number of thiazole rings is 1. The number of amides is 1. The third-order valence-electron chi connectivity index (χ3n) is 4.74. The molecule has 0 saturated heterocycles. The first-order chi connectivity index (χ1) is 15.1. The third kappa shape index (κ3) is 4.52. The smallest absolute Gasteiger partial charge is 0.246 e. The number of hydrogen-bond donors (Lipinski definition) is 1. The van der Waals surface area contributed by atoms with Crippen LogP contribution in [-0.4, -0.2) is 40.9 Å². The summed E-state index contributed by atoms with van der Waals surface area (Å²) >= 11 is 3.04. The van der Waals surface area contributed by atoms with E-state index < -0.39 is 0 Å². The maximum atomic E-state index is 12.8. The number of ether oxygens (including phenoxy) is 2. The molecule has 0 spiro atoms. The number of hydrogen-bond acceptors (Lipinski definition) is 7. The number of benzene rings is 2. The second-order valence-corrected chi connectivity index (χ2v) is 8.41. The van der Waals surface area contributed by atoms with Crippen LogP contribution < -0.4 is 14.8 Å². The Hall–Kier alpha value is -3.04. The number of aromatic nitrogens is 3. The first-order valence-electron chi connectivity index (χ1n) is 9.53. The molecule has 0 atom stereocenters. The zero-order chi connectivity index (χ0) is 21.8. The molecule has 2 aromatic heterocycles. The Labute approximate surface area is 188 Å². The topological polar surface area (TPSA) is 78.3 Å². The average Bonchev–Trinajstić information content (AvgIpc) is 3.38. The molecule has 31 heavy (non-hydrogen) atoms. The molecule has 2 heterocycles. The molecule has 7 nitrogen and oxygen atoms in total. The molecule has 9 heteroatoms. The van der Waals surface area contributed by atoms with Crippen molar-refractivity contribution in [3.8, 4) is 22.8 Å². The number of carbonyl (C=O) groups is 1. The van der Waals surface area contributed by atoms with Gasteiger partial charge in [-0.25, -0.2) is 9.97 Å². The monoisotopic (exact) mass is 454 g/mol. The highest BCUT2D eigenvalue weighted by atomic mass is 32.2. The highest BCUT2D eigenvalue weighted by molar-refractivity contribution is 7.97. The Bertz CT molecular complexity index is 1220. The molecule has 0 unspecified atom stereocenters. The zero-order valence-corrected chi connectivity index (χ0v) is 19.0. The predicted octanol–water partition coefficient (Wildman–Crippen LogP) is 4.68. The van der Waals surface area contributed by atoms with Crippen LogP contribution in [0, 0.1) is 0 Å². The second-order valence-electron chi connectivity index (χ2n) is 6.69. The lowest BCUT2D eigenvalue weighted by molar-refractivity contribution is -0.116. The van der Waals surface area contributed by atoms with Gasteiger partial charge in [0, 0.05) is 10.9 Å². The minimum Gasteiger partial charge on any atom is -0.497 e. The van der Waals surface area contributed by atoms with E-state index in [2.05, 4.69) is 15.3 Å². The Kier molecular flexibility index (Phi) is 6.43. The van der Waals surface area contributed by atoms with Gasteiger partial charge in [0.1, 0.15) is 23.9 Å². The van der Waals surface area contributed by atoms with Crippen molar-refractivity contribution in [1.82, 2.24) is 14.5 Å². The van der Waals surface area contributed by atoms with Crippen molar-refractivity contribution in [2.45, 2.75) is 12.3 Å². The number of nitrogens with one attached hydrogen (secondary N) is 1. The van der Waals surface area contributed by atoms with E-state index in [0.29, 0.717) is 22.3 Å². The Morgan fingerprint density at radius 1 is 1.16 bits per heavy atom. The fourth-order valence-electron chi connectivity index (χ4n) is 3.31. The number of anilines is 1. The van der Waals surface area contributed by atoms with Crippen molar-refractivity contribution in [2.75, 3.05) is 25.8 Å². The molecule has 0 bridgehead atoms. The van der Waals surface area contributed by atoms with Gasteiger partial charge in [-0.3, -0.25) is 4.79 Å². The summed E-state index contributed by atoms with van der Waals surface area (Å²) in [6, 6.07) is 13.4. The van der Waals surface area contributed by atoms with Crippen LogP contribution in [0.4, 0.5) is 5.13 Å². The second kappa shape index (κ2) is 9.40.